The largest absolute Gasteiger partial charge is 0.310 e. The molecule has 108 valence electrons. The van der Waals surface area contributed by atoms with Crippen LogP contribution in [-0.4, -0.2) is 30.6 Å². The van der Waals surface area contributed by atoms with Crippen LogP contribution in [0.3, 0.4) is 0 Å². The molecular weight excluding hydrogens is 232 g/mol. The molecule has 0 aromatic heterocycles. The predicted octanol–water partition coefficient (Wildman–Crippen LogP) is 3.46. The highest BCUT2D eigenvalue weighted by Crippen LogP contribution is 2.08. The molecule has 2 nitrogen and oxygen atoms in total. The summed E-state index contributed by atoms with van der Waals surface area (Å²) in [5.74, 6) is 0. The van der Waals surface area contributed by atoms with E-state index < -0.39 is 0 Å². The molecule has 0 spiro atoms. The first-order valence-electron chi connectivity index (χ1n) is 7.50. The molecule has 0 unspecified atom stereocenters. The van der Waals surface area contributed by atoms with Gasteiger partial charge in [0.15, 0.2) is 0 Å². The lowest BCUT2D eigenvalue weighted by Gasteiger charge is -2.20. The van der Waals surface area contributed by atoms with Crippen LogP contribution >= 0.6 is 0 Å². The molecule has 1 aromatic carbocycles. The minimum atomic E-state index is 0.547. The Kier molecular flexibility index (Phi) is 7.11. The van der Waals surface area contributed by atoms with E-state index in [4.69, 9.17) is 0 Å². The Hall–Kier alpha value is -0.860. The van der Waals surface area contributed by atoms with Crippen molar-refractivity contribution in [3.05, 3.63) is 35.4 Å². The predicted molar refractivity (Wildman–Crippen MR) is 84.5 cm³/mol. The second-order valence-electron chi connectivity index (χ2n) is 6.03. The summed E-state index contributed by atoms with van der Waals surface area (Å²) in [6.07, 6.45) is 2.41. The molecule has 1 aromatic rings. The van der Waals surface area contributed by atoms with E-state index in [-0.39, 0.29) is 0 Å². The molecule has 0 aliphatic heterocycles. The number of nitrogens with zero attached hydrogens (tertiary/aromatic N) is 1. The Labute approximate surface area is 119 Å². The number of aryl methyl sites for hydroxylation is 1. The van der Waals surface area contributed by atoms with Crippen molar-refractivity contribution < 1.29 is 0 Å². The van der Waals surface area contributed by atoms with E-state index in [0.717, 1.165) is 6.54 Å². The molecule has 0 radical (unpaired) electrons. The Morgan fingerprint density at radius 3 is 2.11 bits per heavy atom. The molecule has 2 heteroatoms. The molecule has 0 aliphatic carbocycles. The lowest BCUT2D eigenvalue weighted by molar-refractivity contribution is 0.271. The maximum absolute atomic E-state index is 3.45. The SMILES string of the molecule is CC(C)NCc1ccc(CCCN(C)C(C)C)cc1. The number of hydrogen-bond acceptors (Lipinski definition) is 2. The van der Waals surface area contributed by atoms with Gasteiger partial charge < -0.3 is 10.2 Å². The van der Waals surface area contributed by atoms with Crippen LogP contribution in [0.2, 0.25) is 0 Å². The summed E-state index contributed by atoms with van der Waals surface area (Å²) in [4.78, 5) is 2.40. The first-order chi connectivity index (χ1) is 8.99. The minimum Gasteiger partial charge on any atom is -0.310 e. The molecule has 0 saturated heterocycles. The first-order valence-corrected chi connectivity index (χ1v) is 7.50. The van der Waals surface area contributed by atoms with Crippen molar-refractivity contribution in [1.29, 1.82) is 0 Å². The monoisotopic (exact) mass is 262 g/mol. The zero-order valence-corrected chi connectivity index (χ0v) is 13.2. The molecule has 0 heterocycles. The van der Waals surface area contributed by atoms with Crippen LogP contribution in [-0.2, 0) is 13.0 Å². The highest BCUT2D eigenvalue weighted by Gasteiger charge is 2.02. The van der Waals surface area contributed by atoms with E-state index >= 15 is 0 Å². The summed E-state index contributed by atoms with van der Waals surface area (Å²) in [5.41, 5.74) is 2.82. The van der Waals surface area contributed by atoms with Crippen molar-refractivity contribution in [1.82, 2.24) is 10.2 Å². The van der Waals surface area contributed by atoms with Crippen LogP contribution in [0.1, 0.15) is 45.2 Å². The quantitative estimate of drug-likeness (QED) is 0.772. The van der Waals surface area contributed by atoms with Gasteiger partial charge >= 0.3 is 0 Å². The Bertz CT molecular complexity index is 341. The Morgan fingerprint density at radius 1 is 1.00 bits per heavy atom. The molecular formula is C17H30N2. The minimum absolute atomic E-state index is 0.547. The molecule has 0 saturated carbocycles. The van der Waals surface area contributed by atoms with Gasteiger partial charge in [0.05, 0.1) is 0 Å². The third-order valence-electron chi connectivity index (χ3n) is 3.60. The topological polar surface area (TPSA) is 15.3 Å². The van der Waals surface area contributed by atoms with Crippen LogP contribution in [0.4, 0.5) is 0 Å². The van der Waals surface area contributed by atoms with Crippen LogP contribution in [0.15, 0.2) is 24.3 Å². The molecule has 0 amide bonds. The van der Waals surface area contributed by atoms with Crippen molar-refractivity contribution in [3.8, 4) is 0 Å². The van der Waals surface area contributed by atoms with Gasteiger partial charge in [-0.15, -0.1) is 0 Å². The van der Waals surface area contributed by atoms with Crippen LogP contribution in [0.25, 0.3) is 0 Å². The van der Waals surface area contributed by atoms with Crippen molar-refractivity contribution >= 4 is 0 Å². The lowest BCUT2D eigenvalue weighted by Crippen LogP contribution is -2.27. The van der Waals surface area contributed by atoms with Crippen molar-refractivity contribution in [2.45, 2.75) is 59.2 Å². The summed E-state index contributed by atoms with van der Waals surface area (Å²) < 4.78 is 0. The summed E-state index contributed by atoms with van der Waals surface area (Å²) in [6, 6.07) is 10.2. The van der Waals surface area contributed by atoms with Crippen LogP contribution in [0.5, 0.6) is 0 Å². The van der Waals surface area contributed by atoms with Crippen molar-refractivity contribution in [3.63, 3.8) is 0 Å². The van der Waals surface area contributed by atoms with Gasteiger partial charge in [-0.1, -0.05) is 38.1 Å². The lowest BCUT2D eigenvalue weighted by atomic mass is 10.1. The zero-order valence-electron chi connectivity index (χ0n) is 13.2. The van der Waals surface area contributed by atoms with Gasteiger partial charge in [0.2, 0.25) is 0 Å². The second-order valence-corrected chi connectivity index (χ2v) is 6.03. The molecule has 19 heavy (non-hydrogen) atoms. The van der Waals surface area contributed by atoms with Gasteiger partial charge in [0, 0.05) is 18.6 Å². The van der Waals surface area contributed by atoms with E-state index in [1.54, 1.807) is 0 Å². The van der Waals surface area contributed by atoms with E-state index in [1.807, 2.05) is 0 Å². The average molecular weight is 262 g/mol. The van der Waals surface area contributed by atoms with Gasteiger partial charge in [0.1, 0.15) is 0 Å². The van der Waals surface area contributed by atoms with E-state index in [0.29, 0.717) is 12.1 Å². The van der Waals surface area contributed by atoms with Crippen LogP contribution in [0, 0.1) is 0 Å². The molecule has 0 bridgehead atoms. The maximum Gasteiger partial charge on any atom is 0.0207 e. The smallest absolute Gasteiger partial charge is 0.0207 e. The zero-order chi connectivity index (χ0) is 14.3. The normalized spacial score (nSPS) is 11.8. The Morgan fingerprint density at radius 2 is 1.58 bits per heavy atom. The second kappa shape index (κ2) is 8.34. The van der Waals surface area contributed by atoms with E-state index in [2.05, 4.69) is 69.2 Å². The number of rotatable bonds is 8. The summed E-state index contributed by atoms with van der Waals surface area (Å²) >= 11 is 0. The standard InChI is InChI=1S/C17H30N2/c1-14(2)18-13-17-10-8-16(9-11-17)7-6-12-19(5)15(3)4/h8-11,14-15,18H,6-7,12-13H2,1-5H3. The molecule has 1 N–H and O–H groups in total. The number of nitrogens with one attached hydrogen (secondary N) is 1. The third kappa shape index (κ3) is 6.74. The van der Waals surface area contributed by atoms with E-state index in [9.17, 15) is 0 Å². The van der Waals surface area contributed by atoms with Crippen LogP contribution < -0.4 is 5.32 Å². The fourth-order valence-corrected chi connectivity index (χ4v) is 1.94. The van der Waals surface area contributed by atoms with Gasteiger partial charge in [0.25, 0.3) is 0 Å². The molecule has 0 fully saturated rings. The number of benzene rings is 1. The van der Waals surface area contributed by atoms with Gasteiger partial charge in [-0.2, -0.15) is 0 Å². The van der Waals surface area contributed by atoms with E-state index in [1.165, 1.54) is 30.5 Å². The summed E-state index contributed by atoms with van der Waals surface area (Å²) in [5, 5.41) is 3.45. The van der Waals surface area contributed by atoms with Gasteiger partial charge in [-0.3, -0.25) is 0 Å². The van der Waals surface area contributed by atoms with Crippen molar-refractivity contribution in [2.24, 2.45) is 0 Å². The highest BCUT2D eigenvalue weighted by atomic mass is 15.1. The fourth-order valence-electron chi connectivity index (χ4n) is 1.94. The van der Waals surface area contributed by atoms with Gasteiger partial charge in [-0.05, 0) is 51.4 Å². The Balaban J connectivity index is 2.32. The fraction of sp³-hybridized carbons (Fsp3) is 0.647. The molecule has 1 rings (SSSR count). The van der Waals surface area contributed by atoms with Crippen molar-refractivity contribution in [2.75, 3.05) is 13.6 Å². The van der Waals surface area contributed by atoms with Gasteiger partial charge in [-0.25, -0.2) is 0 Å². The highest BCUT2D eigenvalue weighted by molar-refractivity contribution is 5.22. The molecule has 0 aliphatic rings. The maximum atomic E-state index is 3.45. The number of hydrogen-bond donors (Lipinski definition) is 1. The summed E-state index contributed by atoms with van der Waals surface area (Å²) in [6.45, 7) is 11.0. The third-order valence-corrected chi connectivity index (χ3v) is 3.60. The first kappa shape index (κ1) is 16.2. The molecule has 0 atom stereocenters. The average Bonchev–Trinajstić information content (AvgIpc) is 2.37. The summed E-state index contributed by atoms with van der Waals surface area (Å²) in [7, 11) is 2.20.